The molecule has 292 valence electrons. The van der Waals surface area contributed by atoms with Gasteiger partial charge in [-0.2, -0.15) is 12.7 Å². The number of amides is 4. The molecule has 0 radical (unpaired) electrons. The molecule has 1 saturated heterocycles. The Morgan fingerprint density at radius 2 is 1.96 bits per heavy atom. The number of hydrogen-bond acceptors (Lipinski definition) is 10. The Balaban J connectivity index is 1.26. The molecule has 1 aromatic carbocycles. The first-order chi connectivity index (χ1) is 25.7. The van der Waals surface area contributed by atoms with E-state index in [9.17, 15) is 22.8 Å². The van der Waals surface area contributed by atoms with Gasteiger partial charge in [0.15, 0.2) is 0 Å². The molecule has 4 atom stereocenters. The summed E-state index contributed by atoms with van der Waals surface area (Å²) in [6.45, 7) is 6.70. The van der Waals surface area contributed by atoms with Crippen LogP contribution in [0.2, 0.25) is 5.02 Å². The summed E-state index contributed by atoms with van der Waals surface area (Å²) in [6, 6.07) is 3.45. The molecule has 1 saturated carbocycles. The van der Waals surface area contributed by atoms with E-state index >= 15 is 0 Å². The van der Waals surface area contributed by atoms with E-state index in [0.29, 0.717) is 70.5 Å². The van der Waals surface area contributed by atoms with E-state index in [4.69, 9.17) is 31.0 Å². The monoisotopic (exact) mass is 801 g/mol. The number of methoxy groups -OCH3 is 1. The van der Waals surface area contributed by atoms with Crippen molar-refractivity contribution in [1.29, 1.82) is 0 Å². The number of urea groups is 1. The Labute approximate surface area is 325 Å². The Morgan fingerprint density at radius 3 is 2.67 bits per heavy atom. The number of fused-ring (bicyclic) bond motifs is 2. The predicted molar refractivity (Wildman–Crippen MR) is 208 cm³/mol. The zero-order chi connectivity index (χ0) is 38.8. The molecule has 6 rings (SSSR count). The lowest BCUT2D eigenvalue weighted by molar-refractivity contribution is -0.130. The first-order valence-electron chi connectivity index (χ1n) is 18.3. The fourth-order valence-electron chi connectivity index (χ4n) is 6.87. The van der Waals surface area contributed by atoms with Gasteiger partial charge in [0.25, 0.3) is 5.91 Å². The number of nitrogens with one attached hydrogen (secondary N) is 3. The van der Waals surface area contributed by atoms with E-state index in [-0.39, 0.29) is 31.4 Å². The molecule has 4 heterocycles. The zero-order valence-electron chi connectivity index (χ0n) is 31.2. The number of benzene rings is 1. The number of aromatic nitrogens is 2. The molecule has 14 nitrogen and oxygen atoms in total. The van der Waals surface area contributed by atoms with Gasteiger partial charge < -0.3 is 25.0 Å². The first kappa shape index (κ1) is 39.7. The second-order valence-corrected chi connectivity index (χ2v) is 17.4. The minimum atomic E-state index is -4.14. The van der Waals surface area contributed by atoms with Crippen LogP contribution in [0.25, 0.3) is 21.6 Å². The van der Waals surface area contributed by atoms with E-state index in [1.807, 2.05) is 17.5 Å². The number of carbonyl (C=O) groups excluding carboxylic acids is 3. The molecule has 17 heteroatoms. The third-order valence-electron chi connectivity index (χ3n) is 10.3. The zero-order valence-corrected chi connectivity index (χ0v) is 33.6. The molecular weight excluding hydrogens is 754 g/mol. The number of pyridine rings is 1. The summed E-state index contributed by atoms with van der Waals surface area (Å²) in [5, 5.41) is 9.26. The molecule has 2 unspecified atom stereocenters. The summed E-state index contributed by atoms with van der Waals surface area (Å²) in [5.41, 5.74) is 0.432. The molecule has 3 aromatic rings. The summed E-state index contributed by atoms with van der Waals surface area (Å²) in [5.74, 6) is -0.751. The Kier molecular flexibility index (Phi) is 12.1. The number of nitrogens with zero attached hydrogens (tertiary/aromatic N) is 4. The summed E-state index contributed by atoms with van der Waals surface area (Å²) < 4.78 is 41.9. The van der Waals surface area contributed by atoms with Gasteiger partial charge in [-0.25, -0.2) is 19.5 Å². The highest BCUT2D eigenvalue weighted by Gasteiger charge is 2.61. The molecule has 1 aliphatic carbocycles. The third kappa shape index (κ3) is 8.46. The lowest BCUT2D eigenvalue weighted by atomic mass is 10.1. The van der Waals surface area contributed by atoms with E-state index < -0.39 is 45.6 Å². The Morgan fingerprint density at radius 1 is 1.17 bits per heavy atom. The Hall–Kier alpha value is -3.99. The highest BCUT2D eigenvalue weighted by molar-refractivity contribution is 7.87. The second kappa shape index (κ2) is 16.4. The van der Waals surface area contributed by atoms with Crippen molar-refractivity contribution in [1.82, 2.24) is 34.5 Å². The topological polar surface area (TPSA) is 172 Å². The van der Waals surface area contributed by atoms with Gasteiger partial charge in [-0.3, -0.25) is 9.59 Å². The molecular formula is C37H48ClN7O7S2. The van der Waals surface area contributed by atoms with Gasteiger partial charge in [0.05, 0.1) is 24.9 Å². The van der Waals surface area contributed by atoms with Crippen LogP contribution in [0, 0.1) is 5.92 Å². The number of halogens is 1. The molecule has 2 aliphatic heterocycles. The molecule has 3 N–H and O–H groups in total. The average Bonchev–Trinajstić information content (AvgIpc) is 3.42. The van der Waals surface area contributed by atoms with Crippen LogP contribution in [0.15, 0.2) is 35.7 Å². The second-order valence-electron chi connectivity index (χ2n) is 14.5. The van der Waals surface area contributed by atoms with Crippen LogP contribution in [-0.4, -0.2) is 96.9 Å². The van der Waals surface area contributed by atoms with Gasteiger partial charge >= 0.3 is 16.2 Å². The van der Waals surface area contributed by atoms with Gasteiger partial charge in [-0.1, -0.05) is 37.6 Å². The fourth-order valence-corrected chi connectivity index (χ4v) is 9.58. The number of carbonyl (C=O) groups is 3. The van der Waals surface area contributed by atoms with Crippen LogP contribution in [0.1, 0.15) is 77.3 Å². The van der Waals surface area contributed by atoms with Gasteiger partial charge in [0.1, 0.15) is 38.8 Å². The van der Waals surface area contributed by atoms with Crippen molar-refractivity contribution < 1.29 is 32.3 Å². The van der Waals surface area contributed by atoms with E-state index in [0.717, 1.165) is 18.5 Å². The highest BCUT2D eigenvalue weighted by Crippen LogP contribution is 2.46. The molecule has 0 spiro atoms. The summed E-state index contributed by atoms with van der Waals surface area (Å²) in [4.78, 5) is 52.4. The van der Waals surface area contributed by atoms with Crippen LogP contribution >= 0.6 is 22.9 Å². The molecule has 4 amide bonds. The summed E-state index contributed by atoms with van der Waals surface area (Å²) in [7, 11) is -0.960. The summed E-state index contributed by atoms with van der Waals surface area (Å²) in [6.07, 6.45) is 7.71. The minimum absolute atomic E-state index is 0.0188. The third-order valence-corrected chi connectivity index (χ3v) is 13.1. The highest BCUT2D eigenvalue weighted by atomic mass is 35.5. The average molecular weight is 802 g/mol. The smallest absolute Gasteiger partial charge is 0.317 e. The van der Waals surface area contributed by atoms with Crippen LogP contribution in [0.4, 0.5) is 4.79 Å². The lowest BCUT2D eigenvalue weighted by Crippen LogP contribution is -2.59. The standard InChI is InChI=1S/C37H48ClN7O7S2/c1-22(2)28-21-53-34(40-28)27-19-30(25-13-14-29(51-5)31(38)32(25)39-27)52-18-15-26-33(46)42-37(35(47)43-54(49,50)45-17-10-11-23(45)3)20-24(37)12-8-6-7-9-16-44(4)36(48)41-26/h8,12-14,19,21-24,26H,6-7,9-11,15-18,20H2,1-5H3,(H,41,48)(H,42,46)(H,43,47)/b12-8-/t23-,24?,26?,37-/m1/s1. The number of rotatable bonds is 10. The number of allylic oxidation sites excluding steroid dienone is 1. The van der Waals surface area contributed by atoms with Crippen LogP contribution < -0.4 is 24.8 Å². The van der Waals surface area contributed by atoms with Crippen molar-refractivity contribution >= 4 is 61.9 Å². The Bertz CT molecular complexity index is 2040. The molecule has 0 bridgehead atoms. The SMILES string of the molecule is COc1ccc2c(OCCC3NC(=O)N(C)CCCC/C=C\C4C[C@@]4(C(=O)NS(=O)(=O)N4CCC[C@H]4C)NC3=O)cc(-c3nc(C(C)C)cs3)nc2c1Cl. The quantitative estimate of drug-likeness (QED) is 0.228. The van der Waals surface area contributed by atoms with E-state index in [2.05, 4.69) is 29.2 Å². The van der Waals surface area contributed by atoms with Crippen molar-refractivity contribution in [2.45, 2.75) is 89.3 Å². The molecule has 2 aromatic heterocycles. The van der Waals surface area contributed by atoms with Gasteiger partial charge in [0.2, 0.25) is 5.91 Å². The van der Waals surface area contributed by atoms with Gasteiger partial charge in [-0.05, 0) is 63.5 Å². The largest absolute Gasteiger partial charge is 0.495 e. The number of thiazole rings is 1. The van der Waals surface area contributed by atoms with Crippen LogP contribution in [0.5, 0.6) is 11.5 Å². The van der Waals surface area contributed by atoms with Crippen molar-refractivity contribution in [2.24, 2.45) is 5.92 Å². The lowest BCUT2D eigenvalue weighted by Gasteiger charge is -2.27. The predicted octanol–water partition coefficient (Wildman–Crippen LogP) is 5.38. The first-order valence-corrected chi connectivity index (χ1v) is 21.0. The number of ether oxygens (including phenoxy) is 2. The maximum Gasteiger partial charge on any atom is 0.317 e. The maximum absolute atomic E-state index is 14.1. The van der Waals surface area contributed by atoms with E-state index in [1.165, 1.54) is 27.7 Å². The van der Waals surface area contributed by atoms with Crippen LogP contribution in [0.3, 0.4) is 0 Å². The van der Waals surface area contributed by atoms with Gasteiger partial charge in [-0.15, -0.1) is 11.3 Å². The summed E-state index contributed by atoms with van der Waals surface area (Å²) >= 11 is 8.20. The van der Waals surface area contributed by atoms with E-state index in [1.54, 1.807) is 32.2 Å². The van der Waals surface area contributed by atoms with Crippen molar-refractivity contribution in [3.05, 3.63) is 46.4 Å². The molecule has 54 heavy (non-hydrogen) atoms. The molecule has 2 fully saturated rings. The van der Waals surface area contributed by atoms with Crippen molar-refractivity contribution in [3.8, 4) is 22.2 Å². The number of hydrogen-bond donors (Lipinski definition) is 3. The van der Waals surface area contributed by atoms with Gasteiger partial charge in [0, 0.05) is 55.4 Å². The van der Waals surface area contributed by atoms with Crippen LogP contribution in [-0.2, 0) is 19.8 Å². The van der Waals surface area contributed by atoms with Crippen molar-refractivity contribution in [3.63, 3.8) is 0 Å². The minimum Gasteiger partial charge on any atom is -0.495 e. The fraction of sp³-hybridized carbons (Fsp3) is 0.541. The van der Waals surface area contributed by atoms with Crippen molar-refractivity contribution in [2.75, 3.05) is 33.9 Å². The molecule has 3 aliphatic rings. The maximum atomic E-state index is 14.1. The normalized spacial score (nSPS) is 24.7.